The van der Waals surface area contributed by atoms with Gasteiger partial charge >= 0.3 is 0 Å². The number of hydrogen-bond donors (Lipinski definition) is 9. The number of carbonyl (C=O) groups is 6. The number of nitrogen functional groups attached to an aromatic ring is 3. The fourth-order valence-electron chi connectivity index (χ4n) is 12.6. The second-order valence-electron chi connectivity index (χ2n) is 25.8. The van der Waals surface area contributed by atoms with Crippen molar-refractivity contribution in [2.75, 3.05) is 43.5 Å². The van der Waals surface area contributed by atoms with E-state index >= 15 is 0 Å². The van der Waals surface area contributed by atoms with Crippen molar-refractivity contribution in [3.63, 3.8) is 0 Å². The van der Waals surface area contributed by atoms with E-state index in [1.807, 2.05) is 81.4 Å². The number of halogens is 3. The fourth-order valence-corrected chi connectivity index (χ4v) is 12.6. The van der Waals surface area contributed by atoms with Crippen LogP contribution in [0.4, 0.5) is 30.6 Å². The normalized spacial score (nSPS) is 14.4. The Morgan fingerprint density at radius 1 is 0.510 bits per heavy atom. The topological polar surface area (TPSA) is 373 Å². The summed E-state index contributed by atoms with van der Waals surface area (Å²) in [5.74, 6) is -3.48. The Labute approximate surface area is 599 Å². The summed E-state index contributed by atoms with van der Waals surface area (Å²) in [5.41, 5.74) is 46.0. The van der Waals surface area contributed by atoms with E-state index in [1.54, 1.807) is 89.7 Å². The van der Waals surface area contributed by atoms with Crippen LogP contribution < -0.4 is 50.4 Å². The van der Waals surface area contributed by atoms with Crippen LogP contribution in [0.1, 0.15) is 166 Å². The first-order valence-electron chi connectivity index (χ1n) is 33.9. The van der Waals surface area contributed by atoms with Gasteiger partial charge in [0.15, 0.2) is 0 Å². The van der Waals surface area contributed by atoms with Gasteiger partial charge in [-0.15, -0.1) is 0 Å². The highest BCUT2D eigenvalue weighted by molar-refractivity contribution is 6.05. The fraction of sp³-hybridized carbons (Fsp3) is 0.273. The van der Waals surface area contributed by atoms with Crippen LogP contribution in [0.25, 0.3) is 33.8 Å². The maximum atomic E-state index is 13.5. The highest BCUT2D eigenvalue weighted by Gasteiger charge is 2.31. The van der Waals surface area contributed by atoms with Crippen LogP contribution in [-0.4, -0.2) is 101 Å². The lowest BCUT2D eigenvalue weighted by atomic mass is 9.95. The van der Waals surface area contributed by atoms with Crippen molar-refractivity contribution in [1.82, 2.24) is 55.2 Å². The van der Waals surface area contributed by atoms with Crippen molar-refractivity contribution < 1.29 is 46.7 Å². The standard InChI is InChI=1S/C26H25FN6O2.C26H30FN5O3.C25H29FN6O2/c1-15-5-10-20(27)12-21(15)26(35)31-13-17-6-8-18(9-7-17)23-22(25(29)34)24(28)33(32-23)16(2)19-4-3-11-30-14-19;1-15-5-10-20(27)12-21(15)26(34)30-13-17-6-8-18(9-7-17)23-22(25(29)33)24(28)32(31-23)16(2)19-4-3-11-35-14-19;1-15-5-10-19(26)13-20(15)25(34)29-14-17-6-8-18(9-7-17)22-21(24(28)33)23(27)32(30-22)16(2)31-11-3-4-12-31/h3-12,14,16H,13,28H2,1-2H3,(H2,29,34)(H,31,35);5-10,12,16,19H,3-4,11,13-14,28H2,1-2H3,(H2,29,33)(H,30,34);5-10,13,16H,3-4,11-12,14,27H2,1-2H3,(H2,28,33)(H,29,34). The lowest BCUT2D eigenvalue weighted by molar-refractivity contribution is 0.0347. The number of ether oxygens (including phenoxy) is 1. The molecule has 10 aromatic rings. The van der Waals surface area contributed by atoms with Crippen molar-refractivity contribution in [2.45, 2.75) is 105 Å². The minimum Gasteiger partial charge on any atom is -0.383 e. The molecule has 104 heavy (non-hydrogen) atoms. The highest BCUT2D eigenvalue weighted by Crippen LogP contribution is 2.36. The summed E-state index contributed by atoms with van der Waals surface area (Å²) in [7, 11) is 0. The van der Waals surface area contributed by atoms with Crippen LogP contribution in [0.3, 0.4) is 0 Å². The Hall–Kier alpha value is -12.0. The number of primary amides is 3. The number of hydrogen-bond acceptors (Lipinski definition) is 15. The summed E-state index contributed by atoms with van der Waals surface area (Å²) >= 11 is 0. The molecule has 0 aliphatic carbocycles. The predicted molar refractivity (Wildman–Crippen MR) is 391 cm³/mol. The Morgan fingerprint density at radius 3 is 1.25 bits per heavy atom. The molecule has 2 aliphatic heterocycles. The lowest BCUT2D eigenvalue weighted by Crippen LogP contribution is -2.29. The van der Waals surface area contributed by atoms with Crippen LogP contribution in [-0.2, 0) is 24.4 Å². The number of aromatic nitrogens is 7. The van der Waals surface area contributed by atoms with Gasteiger partial charge in [-0.25, -0.2) is 27.2 Å². The van der Waals surface area contributed by atoms with Gasteiger partial charge in [0.25, 0.3) is 35.4 Å². The number of likely N-dealkylation sites (tertiary alicyclic amines) is 1. The molecule has 0 bridgehead atoms. The zero-order valence-corrected chi connectivity index (χ0v) is 58.6. The molecule has 2 aliphatic rings. The van der Waals surface area contributed by atoms with E-state index in [4.69, 9.17) is 39.1 Å². The molecule has 0 saturated carbocycles. The van der Waals surface area contributed by atoms with E-state index in [9.17, 15) is 41.9 Å². The first kappa shape index (κ1) is 74.7. The van der Waals surface area contributed by atoms with E-state index in [1.165, 1.54) is 36.4 Å². The maximum absolute atomic E-state index is 13.5. The van der Waals surface area contributed by atoms with Crippen LogP contribution >= 0.6 is 0 Å². The van der Waals surface area contributed by atoms with Gasteiger partial charge in [0.2, 0.25) is 0 Å². The van der Waals surface area contributed by atoms with Crippen LogP contribution in [0, 0.1) is 44.1 Å². The van der Waals surface area contributed by atoms with E-state index in [-0.39, 0.29) is 101 Å². The van der Waals surface area contributed by atoms with Gasteiger partial charge < -0.3 is 55.1 Å². The molecule has 540 valence electrons. The summed E-state index contributed by atoms with van der Waals surface area (Å²) < 4.78 is 51.0. The molecule has 2 fully saturated rings. The summed E-state index contributed by atoms with van der Waals surface area (Å²) in [4.78, 5) is 80.5. The minimum absolute atomic E-state index is 0.0529. The maximum Gasteiger partial charge on any atom is 0.254 e. The quantitative estimate of drug-likeness (QED) is 0.0323. The number of anilines is 3. The second-order valence-corrected chi connectivity index (χ2v) is 25.8. The van der Waals surface area contributed by atoms with Gasteiger partial charge in [0.1, 0.15) is 74.8 Å². The first-order valence-corrected chi connectivity index (χ1v) is 33.9. The summed E-state index contributed by atoms with van der Waals surface area (Å²) in [6.45, 7) is 15.2. The summed E-state index contributed by atoms with van der Waals surface area (Å²) in [5, 5.41) is 22.3. The molecule has 24 nitrogen and oxygen atoms in total. The van der Waals surface area contributed by atoms with Crippen molar-refractivity contribution in [2.24, 2.45) is 23.1 Å². The third kappa shape index (κ3) is 17.3. The van der Waals surface area contributed by atoms with Gasteiger partial charge in [0, 0.05) is 91.0 Å². The zero-order chi connectivity index (χ0) is 74.6. The number of nitrogens with one attached hydrogen (secondary N) is 3. The van der Waals surface area contributed by atoms with Crippen LogP contribution in [0.15, 0.2) is 152 Å². The number of aryl methyl sites for hydroxylation is 3. The molecule has 4 unspecified atom stereocenters. The van der Waals surface area contributed by atoms with Gasteiger partial charge in [0.05, 0.1) is 18.7 Å². The molecule has 4 aromatic heterocycles. The largest absolute Gasteiger partial charge is 0.383 e. The Bertz CT molecular complexity index is 4780. The van der Waals surface area contributed by atoms with Crippen LogP contribution in [0.5, 0.6) is 0 Å². The third-order valence-electron chi connectivity index (χ3n) is 18.8. The lowest BCUT2D eigenvalue weighted by Gasteiger charge is -2.28. The molecule has 27 heteroatoms. The molecule has 4 atom stereocenters. The summed E-state index contributed by atoms with van der Waals surface area (Å²) in [6.07, 6.45) is 7.51. The van der Waals surface area contributed by atoms with Crippen molar-refractivity contribution in [3.8, 4) is 33.8 Å². The molecule has 0 radical (unpaired) electrons. The van der Waals surface area contributed by atoms with Crippen LogP contribution in [0.2, 0.25) is 0 Å². The molecular formula is C77H84F3N17O7. The molecule has 15 N–H and O–H groups in total. The van der Waals surface area contributed by atoms with Gasteiger partial charge in [-0.3, -0.25) is 38.7 Å². The number of nitrogens with zero attached hydrogens (tertiary/aromatic N) is 8. The second kappa shape index (κ2) is 33.2. The van der Waals surface area contributed by atoms with Crippen molar-refractivity contribution in [3.05, 3.63) is 242 Å². The minimum atomic E-state index is -0.677. The molecule has 6 heterocycles. The number of carbonyl (C=O) groups excluding carboxylic acids is 6. The number of nitrogens with two attached hydrogens (primary N) is 6. The summed E-state index contributed by atoms with van der Waals surface area (Å²) in [6, 6.07) is 37.5. The molecular weight excluding hydrogens is 1330 g/mol. The number of rotatable bonds is 21. The Morgan fingerprint density at radius 2 is 0.885 bits per heavy atom. The van der Waals surface area contributed by atoms with E-state index < -0.39 is 35.2 Å². The molecule has 6 amide bonds. The van der Waals surface area contributed by atoms with Crippen molar-refractivity contribution >= 4 is 52.9 Å². The Kier molecular flexibility index (Phi) is 23.9. The van der Waals surface area contributed by atoms with E-state index in [2.05, 4.69) is 41.1 Å². The monoisotopic (exact) mass is 1420 g/mol. The zero-order valence-electron chi connectivity index (χ0n) is 58.6. The number of benzene rings is 6. The SMILES string of the molecule is Cc1ccc(F)cc1C(=O)NCc1ccc(-c2nn(C(C)C3CCCOC3)c(N)c2C(N)=O)cc1.Cc1ccc(F)cc1C(=O)NCc1ccc(-c2nn(C(C)N3CCCC3)c(N)c2C(N)=O)cc1.Cc1ccc(F)cc1C(=O)NCc1ccc(-c2nn(C(C)c3cccnc3)c(N)c2C(N)=O)cc1. The van der Waals surface area contributed by atoms with E-state index in [0.717, 1.165) is 67.6 Å². The highest BCUT2D eigenvalue weighted by atomic mass is 19.1. The average molecular weight is 1420 g/mol. The molecule has 2 saturated heterocycles. The van der Waals surface area contributed by atoms with Crippen molar-refractivity contribution in [1.29, 1.82) is 0 Å². The molecule has 0 spiro atoms. The number of amides is 6. The van der Waals surface area contributed by atoms with E-state index in [0.29, 0.717) is 68.2 Å². The molecule has 12 rings (SSSR count). The van der Waals surface area contributed by atoms with Gasteiger partial charge in [-0.1, -0.05) is 97.1 Å². The average Bonchev–Trinajstić information content (AvgIpc) is 1.64. The van der Waals surface area contributed by atoms with Gasteiger partial charge in [-0.2, -0.15) is 15.3 Å². The van der Waals surface area contributed by atoms with Gasteiger partial charge in [-0.05, 0) is 149 Å². The third-order valence-corrected chi connectivity index (χ3v) is 18.8. The number of pyridine rings is 1. The predicted octanol–water partition coefficient (Wildman–Crippen LogP) is 10.4. The smallest absolute Gasteiger partial charge is 0.254 e. The molecule has 6 aromatic carbocycles. The Balaban J connectivity index is 0.000000167. The first-order chi connectivity index (χ1) is 49.8.